The summed E-state index contributed by atoms with van der Waals surface area (Å²) in [6, 6.07) is 4.69. The Morgan fingerprint density at radius 2 is 2.17 bits per heavy atom. The Bertz CT molecular complexity index is 653. The van der Waals surface area contributed by atoms with Gasteiger partial charge in [-0.1, -0.05) is 6.07 Å². The third kappa shape index (κ3) is 3.49. The van der Waals surface area contributed by atoms with E-state index < -0.39 is 0 Å². The Labute approximate surface area is 144 Å². The highest BCUT2D eigenvalue weighted by atomic mass is 15.3. The van der Waals surface area contributed by atoms with Crippen LogP contribution in [0.2, 0.25) is 0 Å². The number of aromatic nitrogens is 4. The first kappa shape index (κ1) is 17.0. The molecule has 2 atom stereocenters. The van der Waals surface area contributed by atoms with Crippen LogP contribution in [-0.2, 0) is 13.1 Å². The highest BCUT2D eigenvalue weighted by Gasteiger charge is 2.33. The highest BCUT2D eigenvalue weighted by molar-refractivity contribution is 5.17. The van der Waals surface area contributed by atoms with Gasteiger partial charge in [-0.3, -0.25) is 14.8 Å². The van der Waals surface area contributed by atoms with E-state index in [1.54, 1.807) is 0 Å². The van der Waals surface area contributed by atoms with E-state index in [1.165, 1.54) is 12.0 Å². The summed E-state index contributed by atoms with van der Waals surface area (Å²) in [5, 5.41) is 8.56. The van der Waals surface area contributed by atoms with Gasteiger partial charge in [-0.25, -0.2) is 0 Å². The standard InChI is InChI=1S/C18H28N6/c1-5-24-14(2)20-21-17(24)13-22(3)12-16-8-10-23(4)18(16)15-7-6-9-19-11-15/h6-7,9,11,16,18H,5,8,10,12-13H2,1-4H3/t16-,18-/m0/s1. The Hall–Kier alpha value is -1.79. The maximum absolute atomic E-state index is 4.34. The third-order valence-electron chi connectivity index (χ3n) is 5.09. The lowest BCUT2D eigenvalue weighted by Gasteiger charge is -2.28. The van der Waals surface area contributed by atoms with E-state index in [0.29, 0.717) is 12.0 Å². The second-order valence-corrected chi connectivity index (χ2v) is 6.87. The molecule has 0 saturated carbocycles. The van der Waals surface area contributed by atoms with E-state index in [0.717, 1.165) is 37.8 Å². The van der Waals surface area contributed by atoms with E-state index in [4.69, 9.17) is 0 Å². The van der Waals surface area contributed by atoms with Crippen LogP contribution in [0, 0.1) is 12.8 Å². The number of rotatable bonds is 6. The van der Waals surface area contributed by atoms with E-state index >= 15 is 0 Å². The highest BCUT2D eigenvalue weighted by Crippen LogP contribution is 2.36. The minimum absolute atomic E-state index is 0.451. The van der Waals surface area contributed by atoms with Crippen LogP contribution in [0.25, 0.3) is 0 Å². The molecular formula is C18H28N6. The summed E-state index contributed by atoms with van der Waals surface area (Å²) < 4.78 is 2.19. The molecule has 0 aromatic carbocycles. The smallest absolute Gasteiger partial charge is 0.147 e. The first-order chi connectivity index (χ1) is 11.6. The van der Waals surface area contributed by atoms with Gasteiger partial charge in [0.1, 0.15) is 11.6 Å². The van der Waals surface area contributed by atoms with Crippen molar-refractivity contribution in [3.05, 3.63) is 41.7 Å². The molecule has 0 bridgehead atoms. The van der Waals surface area contributed by atoms with Crippen molar-refractivity contribution in [2.24, 2.45) is 5.92 Å². The predicted molar refractivity (Wildman–Crippen MR) is 94.5 cm³/mol. The Morgan fingerprint density at radius 1 is 1.33 bits per heavy atom. The third-order valence-corrected chi connectivity index (χ3v) is 5.09. The fourth-order valence-corrected chi connectivity index (χ4v) is 3.95. The van der Waals surface area contributed by atoms with E-state index in [9.17, 15) is 0 Å². The van der Waals surface area contributed by atoms with Crippen LogP contribution in [0.1, 0.15) is 36.6 Å². The summed E-state index contributed by atoms with van der Waals surface area (Å²) in [7, 11) is 4.40. The molecule has 130 valence electrons. The summed E-state index contributed by atoms with van der Waals surface area (Å²) in [5.74, 6) is 2.67. The molecule has 24 heavy (non-hydrogen) atoms. The Kier molecular flexibility index (Phi) is 5.26. The second kappa shape index (κ2) is 7.40. The van der Waals surface area contributed by atoms with Gasteiger partial charge in [0.25, 0.3) is 0 Å². The van der Waals surface area contributed by atoms with Crippen LogP contribution in [-0.4, -0.2) is 56.7 Å². The summed E-state index contributed by atoms with van der Waals surface area (Å²) in [6.07, 6.45) is 5.08. The fourth-order valence-electron chi connectivity index (χ4n) is 3.95. The van der Waals surface area contributed by atoms with Crippen LogP contribution in [0.4, 0.5) is 0 Å². The number of nitrogens with zero attached hydrogens (tertiary/aromatic N) is 6. The van der Waals surface area contributed by atoms with Crippen molar-refractivity contribution >= 4 is 0 Å². The number of pyridine rings is 1. The SMILES string of the molecule is CCn1c(C)nnc1CN(C)C[C@@H]1CCN(C)[C@H]1c1cccnc1. The maximum atomic E-state index is 4.34. The Morgan fingerprint density at radius 3 is 2.88 bits per heavy atom. The molecule has 0 radical (unpaired) electrons. The average Bonchev–Trinajstić information content (AvgIpc) is 3.11. The summed E-state index contributed by atoms with van der Waals surface area (Å²) in [5.41, 5.74) is 1.32. The van der Waals surface area contributed by atoms with Gasteiger partial charge in [0.05, 0.1) is 6.54 Å². The summed E-state index contributed by atoms with van der Waals surface area (Å²) >= 11 is 0. The number of hydrogen-bond acceptors (Lipinski definition) is 5. The first-order valence-corrected chi connectivity index (χ1v) is 8.77. The van der Waals surface area contributed by atoms with Gasteiger partial charge in [-0.2, -0.15) is 0 Å². The van der Waals surface area contributed by atoms with Crippen LogP contribution in [0.15, 0.2) is 24.5 Å². The summed E-state index contributed by atoms with van der Waals surface area (Å²) in [6.45, 7) is 8.12. The minimum Gasteiger partial charge on any atom is -0.314 e. The van der Waals surface area contributed by atoms with Gasteiger partial charge in [-0.05, 0) is 58.5 Å². The lowest BCUT2D eigenvalue weighted by molar-refractivity contribution is 0.209. The van der Waals surface area contributed by atoms with Crippen LogP contribution >= 0.6 is 0 Å². The quantitative estimate of drug-likeness (QED) is 0.813. The number of aryl methyl sites for hydroxylation is 1. The molecule has 1 aliphatic rings. The molecular weight excluding hydrogens is 300 g/mol. The summed E-state index contributed by atoms with van der Waals surface area (Å²) in [4.78, 5) is 9.14. The van der Waals surface area contributed by atoms with Gasteiger partial charge in [0.2, 0.25) is 0 Å². The molecule has 0 unspecified atom stereocenters. The van der Waals surface area contributed by atoms with E-state index in [2.05, 4.69) is 56.6 Å². The molecule has 0 amide bonds. The van der Waals surface area contributed by atoms with Gasteiger partial charge in [-0.15, -0.1) is 10.2 Å². The number of likely N-dealkylation sites (tertiary alicyclic amines) is 1. The van der Waals surface area contributed by atoms with Crippen molar-refractivity contribution in [3.63, 3.8) is 0 Å². The molecule has 3 heterocycles. The van der Waals surface area contributed by atoms with E-state index in [-0.39, 0.29) is 0 Å². The molecule has 3 rings (SSSR count). The molecule has 2 aromatic heterocycles. The zero-order valence-corrected chi connectivity index (χ0v) is 15.2. The van der Waals surface area contributed by atoms with Crippen molar-refractivity contribution in [2.45, 2.75) is 39.4 Å². The fraction of sp³-hybridized carbons (Fsp3) is 0.611. The topological polar surface area (TPSA) is 50.1 Å². The van der Waals surface area contributed by atoms with Crippen LogP contribution in [0.5, 0.6) is 0 Å². The average molecular weight is 328 g/mol. The van der Waals surface area contributed by atoms with Gasteiger partial charge in [0.15, 0.2) is 0 Å². The molecule has 1 aliphatic heterocycles. The van der Waals surface area contributed by atoms with Crippen molar-refractivity contribution in [1.82, 2.24) is 29.5 Å². The molecule has 1 fully saturated rings. The molecule has 2 aromatic rings. The monoisotopic (exact) mass is 328 g/mol. The molecule has 0 N–H and O–H groups in total. The first-order valence-electron chi connectivity index (χ1n) is 8.77. The number of hydrogen-bond donors (Lipinski definition) is 0. The largest absolute Gasteiger partial charge is 0.314 e. The maximum Gasteiger partial charge on any atom is 0.147 e. The van der Waals surface area contributed by atoms with Crippen molar-refractivity contribution in [2.75, 3.05) is 27.2 Å². The molecule has 0 spiro atoms. The zero-order valence-electron chi connectivity index (χ0n) is 15.2. The molecule has 6 nitrogen and oxygen atoms in total. The minimum atomic E-state index is 0.451. The molecule has 6 heteroatoms. The van der Waals surface area contributed by atoms with Gasteiger partial charge in [0, 0.05) is 31.5 Å². The second-order valence-electron chi connectivity index (χ2n) is 6.87. The lowest BCUT2D eigenvalue weighted by atomic mass is 9.94. The normalized spacial score (nSPS) is 21.7. The lowest BCUT2D eigenvalue weighted by Crippen LogP contribution is -2.30. The molecule has 0 aliphatic carbocycles. The van der Waals surface area contributed by atoms with Crippen LogP contribution < -0.4 is 0 Å². The van der Waals surface area contributed by atoms with Gasteiger partial charge < -0.3 is 4.57 Å². The van der Waals surface area contributed by atoms with Crippen LogP contribution in [0.3, 0.4) is 0 Å². The van der Waals surface area contributed by atoms with Gasteiger partial charge >= 0.3 is 0 Å². The zero-order chi connectivity index (χ0) is 17.1. The molecule has 1 saturated heterocycles. The van der Waals surface area contributed by atoms with Crippen molar-refractivity contribution < 1.29 is 0 Å². The van der Waals surface area contributed by atoms with Crippen molar-refractivity contribution in [3.8, 4) is 0 Å². The van der Waals surface area contributed by atoms with E-state index in [1.807, 2.05) is 25.4 Å². The Balaban J connectivity index is 1.68. The van der Waals surface area contributed by atoms with Crippen molar-refractivity contribution in [1.29, 1.82) is 0 Å². The predicted octanol–water partition coefficient (Wildman–Crippen LogP) is 2.13.